The molecule has 0 aliphatic carbocycles. The molecule has 0 radical (unpaired) electrons. The predicted octanol–water partition coefficient (Wildman–Crippen LogP) is 4.40. The quantitative estimate of drug-likeness (QED) is 0.848. The van der Waals surface area contributed by atoms with Crippen molar-refractivity contribution < 1.29 is 4.74 Å². The van der Waals surface area contributed by atoms with E-state index in [0.717, 1.165) is 18.7 Å². The Morgan fingerprint density at radius 3 is 2.33 bits per heavy atom. The number of para-hydroxylation sites is 1. The van der Waals surface area contributed by atoms with Crippen LogP contribution in [0, 0.1) is 13.8 Å². The van der Waals surface area contributed by atoms with Crippen molar-refractivity contribution in [2.24, 2.45) is 0 Å². The summed E-state index contributed by atoms with van der Waals surface area (Å²) in [7, 11) is 1.73. The molecule has 2 nitrogen and oxygen atoms in total. The van der Waals surface area contributed by atoms with E-state index in [2.05, 4.69) is 56.4 Å². The van der Waals surface area contributed by atoms with Crippen molar-refractivity contribution in [1.29, 1.82) is 0 Å². The zero-order valence-corrected chi connectivity index (χ0v) is 13.4. The number of ether oxygens (including phenoxy) is 1. The number of hydrogen-bond acceptors (Lipinski definition) is 2. The number of methoxy groups -OCH3 is 1. The van der Waals surface area contributed by atoms with Crippen molar-refractivity contribution in [3.05, 3.63) is 64.7 Å². The molecule has 0 aromatic heterocycles. The maximum atomic E-state index is 5.55. The van der Waals surface area contributed by atoms with Crippen LogP contribution in [-0.2, 0) is 0 Å². The second-order valence-corrected chi connectivity index (χ2v) is 5.55. The van der Waals surface area contributed by atoms with Gasteiger partial charge in [0, 0.05) is 5.56 Å². The zero-order valence-electron chi connectivity index (χ0n) is 13.4. The third-order valence-electron chi connectivity index (χ3n) is 3.63. The molecule has 21 heavy (non-hydrogen) atoms. The van der Waals surface area contributed by atoms with Gasteiger partial charge in [-0.25, -0.2) is 0 Å². The van der Waals surface area contributed by atoms with Crippen LogP contribution in [0.25, 0.3) is 0 Å². The van der Waals surface area contributed by atoms with Crippen molar-refractivity contribution in [2.75, 3.05) is 13.7 Å². The fourth-order valence-electron chi connectivity index (χ4n) is 2.78. The predicted molar refractivity (Wildman–Crippen MR) is 89.0 cm³/mol. The first-order valence-electron chi connectivity index (χ1n) is 7.60. The first-order chi connectivity index (χ1) is 10.2. The molecule has 0 saturated carbocycles. The molecule has 0 aliphatic heterocycles. The third kappa shape index (κ3) is 3.85. The SMILES string of the molecule is CCCNC(c1cc(C)cc(C)c1)c1ccccc1OC. The molecule has 2 rings (SSSR count). The number of nitrogens with one attached hydrogen (secondary N) is 1. The maximum absolute atomic E-state index is 5.55. The summed E-state index contributed by atoms with van der Waals surface area (Å²) < 4.78 is 5.55. The first kappa shape index (κ1) is 15.6. The first-order valence-corrected chi connectivity index (χ1v) is 7.60. The molecule has 0 spiro atoms. The Balaban J connectivity index is 2.46. The second-order valence-electron chi connectivity index (χ2n) is 5.55. The molecule has 1 unspecified atom stereocenters. The average molecular weight is 283 g/mol. The Morgan fingerprint density at radius 1 is 1.05 bits per heavy atom. The van der Waals surface area contributed by atoms with Crippen LogP contribution in [-0.4, -0.2) is 13.7 Å². The van der Waals surface area contributed by atoms with Crippen LogP contribution in [0.5, 0.6) is 5.75 Å². The van der Waals surface area contributed by atoms with Crippen molar-refractivity contribution in [1.82, 2.24) is 5.32 Å². The van der Waals surface area contributed by atoms with Gasteiger partial charge in [-0.15, -0.1) is 0 Å². The van der Waals surface area contributed by atoms with Crippen LogP contribution in [0.4, 0.5) is 0 Å². The molecule has 1 N–H and O–H groups in total. The lowest BCUT2D eigenvalue weighted by Crippen LogP contribution is -2.23. The topological polar surface area (TPSA) is 21.3 Å². The van der Waals surface area contributed by atoms with E-state index in [1.807, 2.05) is 12.1 Å². The van der Waals surface area contributed by atoms with Crippen LogP contribution in [0.15, 0.2) is 42.5 Å². The van der Waals surface area contributed by atoms with Gasteiger partial charge in [-0.05, 0) is 38.4 Å². The smallest absolute Gasteiger partial charge is 0.123 e. The average Bonchev–Trinajstić information content (AvgIpc) is 2.47. The fraction of sp³-hybridized carbons (Fsp3) is 0.368. The Hall–Kier alpha value is -1.80. The van der Waals surface area contributed by atoms with Gasteiger partial charge in [0.1, 0.15) is 5.75 Å². The minimum absolute atomic E-state index is 0.166. The van der Waals surface area contributed by atoms with Crippen LogP contribution < -0.4 is 10.1 Å². The summed E-state index contributed by atoms with van der Waals surface area (Å²) in [5.41, 5.74) is 5.08. The minimum Gasteiger partial charge on any atom is -0.496 e. The summed E-state index contributed by atoms with van der Waals surface area (Å²) >= 11 is 0. The van der Waals surface area contributed by atoms with Gasteiger partial charge in [-0.2, -0.15) is 0 Å². The van der Waals surface area contributed by atoms with E-state index in [1.54, 1.807) is 7.11 Å². The molecule has 0 saturated heterocycles. The van der Waals surface area contributed by atoms with Crippen molar-refractivity contribution in [3.63, 3.8) is 0 Å². The van der Waals surface area contributed by atoms with Gasteiger partial charge in [0.2, 0.25) is 0 Å². The number of hydrogen-bond donors (Lipinski definition) is 1. The molecular weight excluding hydrogens is 258 g/mol. The third-order valence-corrected chi connectivity index (χ3v) is 3.63. The van der Waals surface area contributed by atoms with Crippen molar-refractivity contribution in [3.8, 4) is 5.75 Å². The highest BCUT2D eigenvalue weighted by atomic mass is 16.5. The standard InChI is InChI=1S/C19H25NO/c1-5-10-20-19(16-12-14(2)11-15(3)13-16)17-8-6-7-9-18(17)21-4/h6-9,11-13,19-20H,5,10H2,1-4H3. The number of benzene rings is 2. The van der Waals surface area contributed by atoms with Crippen LogP contribution in [0.2, 0.25) is 0 Å². The summed E-state index contributed by atoms with van der Waals surface area (Å²) in [6.45, 7) is 7.47. The number of aryl methyl sites for hydroxylation is 2. The van der Waals surface area contributed by atoms with Crippen molar-refractivity contribution in [2.45, 2.75) is 33.2 Å². The molecule has 0 amide bonds. The summed E-state index contributed by atoms with van der Waals surface area (Å²) in [6, 6.07) is 15.1. The zero-order chi connectivity index (χ0) is 15.2. The van der Waals surface area contributed by atoms with Gasteiger partial charge in [0.15, 0.2) is 0 Å². The fourth-order valence-corrected chi connectivity index (χ4v) is 2.78. The van der Waals surface area contributed by atoms with Gasteiger partial charge < -0.3 is 10.1 Å². The van der Waals surface area contributed by atoms with E-state index >= 15 is 0 Å². The van der Waals surface area contributed by atoms with Crippen molar-refractivity contribution >= 4 is 0 Å². The molecular formula is C19H25NO. The normalized spacial score (nSPS) is 12.2. The van der Waals surface area contributed by atoms with Gasteiger partial charge in [0.25, 0.3) is 0 Å². The Labute approximate surface area is 128 Å². The highest BCUT2D eigenvalue weighted by Crippen LogP contribution is 2.30. The lowest BCUT2D eigenvalue weighted by Gasteiger charge is -2.22. The maximum Gasteiger partial charge on any atom is 0.123 e. The van der Waals surface area contributed by atoms with E-state index < -0.39 is 0 Å². The van der Waals surface area contributed by atoms with Gasteiger partial charge in [-0.1, -0.05) is 54.4 Å². The van der Waals surface area contributed by atoms with E-state index in [9.17, 15) is 0 Å². The van der Waals surface area contributed by atoms with E-state index in [4.69, 9.17) is 4.74 Å². The molecule has 2 heteroatoms. The molecule has 1 atom stereocenters. The van der Waals surface area contributed by atoms with Gasteiger partial charge >= 0.3 is 0 Å². The summed E-state index contributed by atoms with van der Waals surface area (Å²) in [5, 5.41) is 3.65. The van der Waals surface area contributed by atoms with Gasteiger partial charge in [-0.3, -0.25) is 0 Å². The minimum atomic E-state index is 0.166. The van der Waals surface area contributed by atoms with Crippen LogP contribution in [0.1, 0.15) is 41.6 Å². The molecule has 2 aromatic rings. The Bertz CT molecular complexity index is 572. The molecule has 2 aromatic carbocycles. The summed E-state index contributed by atoms with van der Waals surface area (Å²) in [4.78, 5) is 0. The van der Waals surface area contributed by atoms with Gasteiger partial charge in [0.05, 0.1) is 13.2 Å². The largest absolute Gasteiger partial charge is 0.496 e. The Kier molecular flexibility index (Phi) is 5.40. The Morgan fingerprint density at radius 2 is 1.71 bits per heavy atom. The van der Waals surface area contributed by atoms with Crippen LogP contribution >= 0.6 is 0 Å². The van der Waals surface area contributed by atoms with Crippen LogP contribution in [0.3, 0.4) is 0 Å². The van der Waals surface area contributed by atoms with E-state index in [1.165, 1.54) is 22.3 Å². The second kappa shape index (κ2) is 7.28. The summed E-state index contributed by atoms with van der Waals surface area (Å²) in [5.74, 6) is 0.935. The highest BCUT2D eigenvalue weighted by molar-refractivity contribution is 5.43. The summed E-state index contributed by atoms with van der Waals surface area (Å²) in [6.07, 6.45) is 1.11. The highest BCUT2D eigenvalue weighted by Gasteiger charge is 2.17. The molecule has 112 valence electrons. The van der Waals surface area contributed by atoms with E-state index in [-0.39, 0.29) is 6.04 Å². The molecule has 0 bridgehead atoms. The molecule has 0 fully saturated rings. The lowest BCUT2D eigenvalue weighted by molar-refractivity contribution is 0.404. The number of rotatable bonds is 6. The molecule has 0 heterocycles. The molecule has 0 aliphatic rings. The van der Waals surface area contributed by atoms with E-state index in [0.29, 0.717) is 0 Å². The lowest BCUT2D eigenvalue weighted by atomic mass is 9.95. The monoisotopic (exact) mass is 283 g/mol.